The van der Waals surface area contributed by atoms with Crippen molar-refractivity contribution in [2.45, 2.75) is 75.9 Å². The van der Waals surface area contributed by atoms with Crippen molar-refractivity contribution in [1.82, 2.24) is 10.2 Å². The molecule has 45 heavy (non-hydrogen) atoms. The Hall–Kier alpha value is -3.34. The molecule has 4 rings (SSSR count). The van der Waals surface area contributed by atoms with Crippen molar-refractivity contribution >= 4 is 50.7 Å². The van der Waals surface area contributed by atoms with Gasteiger partial charge in [0.05, 0.1) is 17.2 Å². The van der Waals surface area contributed by atoms with Crippen LogP contribution in [0.5, 0.6) is 5.75 Å². The highest BCUT2D eigenvalue weighted by Gasteiger charge is 2.34. The number of anilines is 1. The van der Waals surface area contributed by atoms with Crippen LogP contribution in [0.4, 0.5) is 10.1 Å². The van der Waals surface area contributed by atoms with E-state index in [0.29, 0.717) is 28.0 Å². The van der Waals surface area contributed by atoms with Crippen LogP contribution in [0.2, 0.25) is 10.0 Å². The maximum absolute atomic E-state index is 14.3. The summed E-state index contributed by atoms with van der Waals surface area (Å²) in [6, 6.07) is 14.6. The van der Waals surface area contributed by atoms with Crippen molar-refractivity contribution in [1.29, 1.82) is 0 Å². The minimum absolute atomic E-state index is 0.00979. The monoisotopic (exact) mass is 677 g/mol. The number of ether oxygens (including phenoxy) is 1. The van der Waals surface area contributed by atoms with E-state index in [1.54, 1.807) is 37.3 Å². The minimum Gasteiger partial charge on any atom is -0.494 e. The fraction of sp³-hybridized carbons (Fsp3) is 0.394. The van der Waals surface area contributed by atoms with Crippen molar-refractivity contribution in [3.8, 4) is 5.75 Å². The van der Waals surface area contributed by atoms with E-state index in [-0.39, 0.29) is 35.5 Å². The average Bonchev–Trinajstić information content (AvgIpc) is 3.02. The zero-order valence-corrected chi connectivity index (χ0v) is 27.7. The first kappa shape index (κ1) is 34.5. The van der Waals surface area contributed by atoms with Gasteiger partial charge in [-0.15, -0.1) is 0 Å². The molecule has 1 unspecified atom stereocenters. The standard InChI is InChI=1S/C33H38Cl2FN3O5S/c1-3-31(33(41)37-26-8-6-5-7-9-26)38(21-23-10-11-24(34)20-30(23)35)32(40)22-39(27-14-16-28(17-15-27)44-4-2)45(42,43)29-18-12-25(36)13-19-29/h10-20,26,31H,3-9,21-22H2,1-2H3,(H,37,41). The third-order valence-electron chi connectivity index (χ3n) is 7.81. The molecule has 3 aromatic rings. The lowest BCUT2D eigenvalue weighted by Crippen LogP contribution is -2.54. The third-order valence-corrected chi connectivity index (χ3v) is 10.2. The number of amides is 2. The molecule has 1 N–H and O–H groups in total. The second-order valence-electron chi connectivity index (χ2n) is 10.9. The number of hydrogen-bond donors (Lipinski definition) is 1. The van der Waals surface area contributed by atoms with E-state index in [2.05, 4.69) is 5.32 Å². The lowest BCUT2D eigenvalue weighted by Gasteiger charge is -2.34. The second-order valence-corrected chi connectivity index (χ2v) is 13.6. The van der Waals surface area contributed by atoms with Crippen LogP contribution in [0.15, 0.2) is 71.6 Å². The van der Waals surface area contributed by atoms with Crippen LogP contribution in [0.25, 0.3) is 0 Å². The Morgan fingerprint density at radius 3 is 2.24 bits per heavy atom. The molecule has 1 aliphatic rings. The molecule has 1 saturated carbocycles. The Kier molecular flexibility index (Phi) is 12.1. The summed E-state index contributed by atoms with van der Waals surface area (Å²) >= 11 is 12.6. The highest BCUT2D eigenvalue weighted by atomic mass is 35.5. The smallest absolute Gasteiger partial charge is 0.264 e. The topological polar surface area (TPSA) is 96.0 Å². The van der Waals surface area contributed by atoms with Crippen molar-refractivity contribution in [2.75, 3.05) is 17.5 Å². The molecule has 0 bridgehead atoms. The molecule has 3 aromatic carbocycles. The Bertz CT molecular complexity index is 1570. The average molecular weight is 679 g/mol. The first-order valence-electron chi connectivity index (χ1n) is 15.1. The number of carbonyl (C=O) groups excluding carboxylic acids is 2. The van der Waals surface area contributed by atoms with Crippen LogP contribution >= 0.6 is 23.2 Å². The van der Waals surface area contributed by atoms with E-state index in [0.717, 1.165) is 60.7 Å². The number of halogens is 3. The van der Waals surface area contributed by atoms with Gasteiger partial charge in [0, 0.05) is 22.6 Å². The van der Waals surface area contributed by atoms with E-state index in [9.17, 15) is 22.4 Å². The number of carbonyl (C=O) groups is 2. The van der Waals surface area contributed by atoms with E-state index >= 15 is 0 Å². The molecule has 0 heterocycles. The molecule has 0 radical (unpaired) electrons. The molecule has 1 aliphatic carbocycles. The number of hydrogen-bond acceptors (Lipinski definition) is 5. The summed E-state index contributed by atoms with van der Waals surface area (Å²) < 4.78 is 48.2. The molecule has 1 fully saturated rings. The van der Waals surface area contributed by atoms with E-state index in [1.165, 1.54) is 17.0 Å². The first-order valence-corrected chi connectivity index (χ1v) is 17.3. The molecule has 0 spiro atoms. The summed E-state index contributed by atoms with van der Waals surface area (Å²) in [5.41, 5.74) is 0.743. The minimum atomic E-state index is -4.35. The van der Waals surface area contributed by atoms with E-state index in [1.807, 2.05) is 6.92 Å². The van der Waals surface area contributed by atoms with Gasteiger partial charge in [-0.1, -0.05) is 55.5 Å². The van der Waals surface area contributed by atoms with Crippen LogP contribution < -0.4 is 14.4 Å². The van der Waals surface area contributed by atoms with Gasteiger partial charge in [-0.2, -0.15) is 0 Å². The molecule has 8 nitrogen and oxygen atoms in total. The maximum Gasteiger partial charge on any atom is 0.264 e. The SMILES string of the molecule is CCOc1ccc(N(CC(=O)N(Cc2ccc(Cl)cc2Cl)C(CC)C(=O)NC2CCCCC2)S(=O)(=O)c2ccc(F)cc2)cc1. The Balaban J connectivity index is 1.73. The first-order chi connectivity index (χ1) is 21.5. The van der Waals surface area contributed by atoms with Gasteiger partial charge in [0.25, 0.3) is 10.0 Å². The molecule has 12 heteroatoms. The summed E-state index contributed by atoms with van der Waals surface area (Å²) in [4.78, 5) is 29.2. The zero-order valence-electron chi connectivity index (χ0n) is 25.3. The molecule has 0 saturated heterocycles. The van der Waals surface area contributed by atoms with E-state index in [4.69, 9.17) is 27.9 Å². The lowest BCUT2D eigenvalue weighted by molar-refractivity contribution is -0.140. The van der Waals surface area contributed by atoms with Gasteiger partial charge in [0.2, 0.25) is 11.8 Å². The predicted octanol–water partition coefficient (Wildman–Crippen LogP) is 6.98. The molecule has 242 valence electrons. The van der Waals surface area contributed by atoms with Crippen LogP contribution in [0, 0.1) is 5.82 Å². The van der Waals surface area contributed by atoms with Crippen LogP contribution in [0.1, 0.15) is 57.9 Å². The lowest BCUT2D eigenvalue weighted by atomic mass is 9.95. The molecule has 0 aromatic heterocycles. The third kappa shape index (κ3) is 8.89. The number of nitrogens with zero attached hydrogens (tertiary/aromatic N) is 2. The Morgan fingerprint density at radius 2 is 1.64 bits per heavy atom. The highest BCUT2D eigenvalue weighted by molar-refractivity contribution is 7.92. The van der Waals surface area contributed by atoms with Crippen LogP contribution in [-0.2, 0) is 26.2 Å². The number of nitrogens with one attached hydrogen (secondary N) is 1. The fourth-order valence-corrected chi connectivity index (χ4v) is 7.32. The number of rotatable bonds is 13. The van der Waals surface area contributed by atoms with Gasteiger partial charge >= 0.3 is 0 Å². The zero-order chi connectivity index (χ0) is 32.6. The molecule has 0 aliphatic heterocycles. The molecular weight excluding hydrogens is 640 g/mol. The summed E-state index contributed by atoms with van der Waals surface area (Å²) in [6.45, 7) is 3.35. The van der Waals surface area contributed by atoms with Gasteiger partial charge in [0.15, 0.2) is 0 Å². The van der Waals surface area contributed by atoms with Crippen molar-refractivity contribution in [2.24, 2.45) is 0 Å². The normalized spacial score (nSPS) is 14.4. The van der Waals surface area contributed by atoms with Crippen LogP contribution in [0.3, 0.4) is 0 Å². The van der Waals surface area contributed by atoms with Crippen molar-refractivity contribution in [3.05, 3.63) is 88.2 Å². The largest absolute Gasteiger partial charge is 0.494 e. The van der Waals surface area contributed by atoms with Gasteiger partial charge in [-0.05, 0) is 92.4 Å². The Labute approximate surface area is 274 Å². The fourth-order valence-electron chi connectivity index (χ4n) is 5.44. The number of sulfonamides is 1. The summed E-state index contributed by atoms with van der Waals surface area (Å²) in [6.07, 6.45) is 5.16. The van der Waals surface area contributed by atoms with Gasteiger partial charge in [-0.3, -0.25) is 13.9 Å². The molecule has 2 amide bonds. The van der Waals surface area contributed by atoms with Gasteiger partial charge in [0.1, 0.15) is 24.2 Å². The number of benzene rings is 3. The summed E-state index contributed by atoms with van der Waals surface area (Å²) in [5, 5.41) is 3.83. The predicted molar refractivity (Wildman–Crippen MR) is 175 cm³/mol. The summed E-state index contributed by atoms with van der Waals surface area (Å²) in [5.74, 6) is -1.00. The quantitative estimate of drug-likeness (QED) is 0.211. The molecular formula is C33H38Cl2FN3O5S. The highest BCUT2D eigenvalue weighted by Crippen LogP contribution is 2.28. The van der Waals surface area contributed by atoms with Gasteiger partial charge < -0.3 is 15.0 Å². The molecule has 1 atom stereocenters. The summed E-state index contributed by atoms with van der Waals surface area (Å²) in [7, 11) is -4.35. The van der Waals surface area contributed by atoms with Crippen LogP contribution in [-0.4, -0.2) is 50.4 Å². The van der Waals surface area contributed by atoms with Crippen molar-refractivity contribution < 1.29 is 27.1 Å². The van der Waals surface area contributed by atoms with E-state index < -0.39 is 34.3 Å². The van der Waals surface area contributed by atoms with Crippen molar-refractivity contribution in [3.63, 3.8) is 0 Å². The maximum atomic E-state index is 14.3. The van der Waals surface area contributed by atoms with Gasteiger partial charge in [-0.25, -0.2) is 12.8 Å². The Morgan fingerprint density at radius 1 is 0.978 bits per heavy atom. The second kappa shape index (κ2) is 15.8.